The number of nitrogens with one attached hydrogen (secondary N) is 2. The van der Waals surface area contributed by atoms with Crippen LogP contribution in [0.2, 0.25) is 0 Å². The first-order valence-electron chi connectivity index (χ1n) is 17.7. The lowest BCUT2D eigenvalue weighted by atomic mass is 9.94. The third kappa shape index (κ3) is 8.59. The van der Waals surface area contributed by atoms with Gasteiger partial charge in [0.25, 0.3) is 15.9 Å². The first kappa shape index (κ1) is 41.2. The fourth-order valence-corrected chi connectivity index (χ4v) is 7.58. The van der Waals surface area contributed by atoms with Gasteiger partial charge in [-0.15, -0.1) is 0 Å². The highest BCUT2D eigenvalue weighted by Gasteiger charge is 2.29. The standard InChI is InChI=1S/C41H38F3N5O8S/c1-6-57-22-23-15-34(54-3)37(35(16-23)55-4)29-12-9-26(39-30(29)21-46-49(39)2)17-33(41(51)56-5)47-40(50)38-31(42)19-27(20-32(38)43)48-58(52,53)28-10-7-24(8-11-28)25-13-14-45-36(44)18-25/h7-16,18-21,33,48H,6,17,22H2,1-5H3,(H,47,50)/t33-/m1/s1. The monoisotopic (exact) mass is 817 g/mol. The quantitative estimate of drug-likeness (QED) is 0.0856. The molecule has 0 aliphatic carbocycles. The molecule has 1 amide bonds. The Hall–Kier alpha value is -6.46. The molecule has 0 spiro atoms. The third-order valence-corrected chi connectivity index (χ3v) is 10.7. The van der Waals surface area contributed by atoms with Gasteiger partial charge in [-0.1, -0.05) is 24.3 Å². The number of benzene rings is 4. The molecule has 0 saturated heterocycles. The molecule has 6 rings (SSSR count). The van der Waals surface area contributed by atoms with Crippen molar-refractivity contribution in [1.82, 2.24) is 20.1 Å². The molecule has 302 valence electrons. The molecule has 2 heterocycles. The number of halogens is 3. The molecule has 2 aromatic heterocycles. The number of aryl methyl sites for hydroxylation is 1. The Bertz CT molecular complexity index is 2570. The average molecular weight is 818 g/mol. The molecule has 1 atom stereocenters. The lowest BCUT2D eigenvalue weighted by molar-refractivity contribution is -0.142. The second kappa shape index (κ2) is 17.4. The van der Waals surface area contributed by atoms with Crippen molar-refractivity contribution >= 4 is 38.5 Å². The third-order valence-electron chi connectivity index (χ3n) is 9.25. The molecule has 17 heteroatoms. The highest BCUT2D eigenvalue weighted by molar-refractivity contribution is 7.92. The van der Waals surface area contributed by atoms with Crippen molar-refractivity contribution in [3.05, 3.63) is 119 Å². The second-order valence-corrected chi connectivity index (χ2v) is 14.6. The maximum Gasteiger partial charge on any atom is 0.328 e. The maximum absolute atomic E-state index is 15.5. The summed E-state index contributed by atoms with van der Waals surface area (Å²) in [5, 5.41) is 7.46. The van der Waals surface area contributed by atoms with Gasteiger partial charge in [-0.05, 0) is 71.6 Å². The van der Waals surface area contributed by atoms with E-state index in [9.17, 15) is 22.4 Å². The van der Waals surface area contributed by atoms with Crippen LogP contribution >= 0.6 is 0 Å². The number of methoxy groups -OCH3 is 3. The van der Waals surface area contributed by atoms with Crippen LogP contribution in [-0.2, 0) is 44.4 Å². The topological polar surface area (TPSA) is 160 Å². The van der Waals surface area contributed by atoms with Gasteiger partial charge in [0.15, 0.2) is 0 Å². The van der Waals surface area contributed by atoms with Crippen LogP contribution in [0.1, 0.15) is 28.4 Å². The molecule has 0 saturated carbocycles. The minimum absolute atomic E-state index is 0.174. The predicted octanol–water partition coefficient (Wildman–Crippen LogP) is 6.59. The number of anilines is 1. The van der Waals surface area contributed by atoms with Crippen molar-refractivity contribution in [2.45, 2.75) is 30.9 Å². The van der Waals surface area contributed by atoms with Crippen LogP contribution in [0.25, 0.3) is 33.2 Å². The van der Waals surface area contributed by atoms with Gasteiger partial charge >= 0.3 is 5.97 Å². The molecule has 0 fully saturated rings. The first-order valence-corrected chi connectivity index (χ1v) is 19.2. The van der Waals surface area contributed by atoms with Crippen LogP contribution in [0.5, 0.6) is 11.5 Å². The van der Waals surface area contributed by atoms with Crippen LogP contribution in [-0.4, -0.2) is 69.0 Å². The summed E-state index contributed by atoms with van der Waals surface area (Å²) >= 11 is 0. The molecule has 58 heavy (non-hydrogen) atoms. The van der Waals surface area contributed by atoms with Crippen molar-refractivity contribution in [3.8, 4) is 33.8 Å². The highest BCUT2D eigenvalue weighted by atomic mass is 32.2. The van der Waals surface area contributed by atoms with Gasteiger partial charge in [-0.25, -0.2) is 27.0 Å². The number of carbonyl (C=O) groups excluding carboxylic acids is 2. The number of carbonyl (C=O) groups is 2. The summed E-state index contributed by atoms with van der Waals surface area (Å²) in [5.41, 5.74) is 2.68. The first-order chi connectivity index (χ1) is 27.8. The smallest absolute Gasteiger partial charge is 0.328 e. The zero-order valence-electron chi connectivity index (χ0n) is 31.9. The maximum atomic E-state index is 15.5. The summed E-state index contributed by atoms with van der Waals surface area (Å²) in [7, 11) is 1.51. The van der Waals surface area contributed by atoms with Crippen molar-refractivity contribution in [3.63, 3.8) is 0 Å². The van der Waals surface area contributed by atoms with Gasteiger partial charge in [-0.3, -0.25) is 14.2 Å². The molecule has 0 unspecified atom stereocenters. The van der Waals surface area contributed by atoms with E-state index in [0.29, 0.717) is 75.6 Å². The number of aromatic nitrogens is 3. The van der Waals surface area contributed by atoms with Gasteiger partial charge in [0.2, 0.25) is 5.95 Å². The molecular formula is C41H38F3N5O8S. The summed E-state index contributed by atoms with van der Waals surface area (Å²) < 4.78 is 96.5. The van der Waals surface area contributed by atoms with Crippen molar-refractivity contribution in [2.75, 3.05) is 32.7 Å². The number of rotatable bonds is 15. The number of fused-ring (bicyclic) bond motifs is 1. The Morgan fingerprint density at radius 2 is 1.55 bits per heavy atom. The molecular weight excluding hydrogens is 780 g/mol. The summed E-state index contributed by atoms with van der Waals surface area (Å²) in [6, 6.07) is 15.1. The summed E-state index contributed by atoms with van der Waals surface area (Å²) in [4.78, 5) is 29.7. The Morgan fingerprint density at radius 1 is 0.879 bits per heavy atom. The second-order valence-electron chi connectivity index (χ2n) is 12.9. The normalized spacial score (nSPS) is 11.9. The van der Waals surface area contributed by atoms with Crippen LogP contribution in [0.15, 0.2) is 90.1 Å². The van der Waals surface area contributed by atoms with Gasteiger partial charge in [-0.2, -0.15) is 9.49 Å². The van der Waals surface area contributed by atoms with Crippen LogP contribution in [0.3, 0.4) is 0 Å². The number of esters is 1. The van der Waals surface area contributed by atoms with Crippen LogP contribution in [0, 0.1) is 17.6 Å². The molecule has 4 aromatic carbocycles. The van der Waals surface area contributed by atoms with Crippen molar-refractivity contribution < 1.29 is 50.1 Å². The van der Waals surface area contributed by atoms with E-state index in [1.807, 2.05) is 19.1 Å². The summed E-state index contributed by atoms with van der Waals surface area (Å²) in [6.07, 6.45) is 2.72. The number of hydrogen-bond acceptors (Lipinski definition) is 10. The number of amides is 1. The minimum atomic E-state index is -4.36. The van der Waals surface area contributed by atoms with Gasteiger partial charge < -0.3 is 24.3 Å². The Kier molecular flexibility index (Phi) is 12.3. The van der Waals surface area contributed by atoms with E-state index in [1.54, 1.807) is 36.1 Å². The number of ether oxygens (including phenoxy) is 4. The van der Waals surface area contributed by atoms with E-state index in [0.717, 1.165) is 12.7 Å². The minimum Gasteiger partial charge on any atom is -0.496 e. The molecule has 0 aliphatic heterocycles. The summed E-state index contributed by atoms with van der Waals surface area (Å²) in [5.74, 6) is -4.67. The zero-order valence-corrected chi connectivity index (χ0v) is 32.7. The van der Waals surface area contributed by atoms with E-state index in [2.05, 4.69) is 20.1 Å². The fraction of sp³-hybridized carbons (Fsp3) is 0.220. The molecule has 13 nitrogen and oxygen atoms in total. The van der Waals surface area contributed by atoms with E-state index in [-0.39, 0.29) is 11.3 Å². The molecule has 2 N–H and O–H groups in total. The Balaban J connectivity index is 1.25. The van der Waals surface area contributed by atoms with Gasteiger partial charge in [0, 0.05) is 43.3 Å². The van der Waals surface area contributed by atoms with Crippen molar-refractivity contribution in [2.24, 2.45) is 7.05 Å². The number of sulfonamides is 1. The Labute approximate surface area is 331 Å². The average Bonchev–Trinajstić information content (AvgIpc) is 3.60. The molecule has 0 radical (unpaired) electrons. The molecule has 6 aromatic rings. The summed E-state index contributed by atoms with van der Waals surface area (Å²) in [6.45, 7) is 2.76. The predicted molar refractivity (Wildman–Crippen MR) is 208 cm³/mol. The number of pyridine rings is 1. The highest BCUT2D eigenvalue weighted by Crippen LogP contribution is 2.43. The lowest BCUT2D eigenvalue weighted by Gasteiger charge is -2.20. The van der Waals surface area contributed by atoms with Crippen LogP contribution < -0.4 is 19.5 Å². The van der Waals surface area contributed by atoms with E-state index < -0.39 is 56.8 Å². The van der Waals surface area contributed by atoms with E-state index in [1.165, 1.54) is 50.7 Å². The Morgan fingerprint density at radius 3 is 2.16 bits per heavy atom. The van der Waals surface area contributed by atoms with Crippen molar-refractivity contribution in [1.29, 1.82) is 0 Å². The molecule has 0 bridgehead atoms. The fourth-order valence-electron chi connectivity index (χ4n) is 6.54. The van der Waals surface area contributed by atoms with E-state index in [4.69, 9.17) is 18.9 Å². The lowest BCUT2D eigenvalue weighted by Crippen LogP contribution is -2.43. The SMILES string of the molecule is CCOCc1cc(OC)c(-c2ccc(C[C@@H](NC(=O)c3c(F)cc(NS(=O)(=O)c4ccc(-c5ccnc(F)c5)cc4)cc3F)C(=O)OC)c3c2cnn3C)c(OC)c1. The number of hydrogen-bond donors (Lipinski definition) is 2. The van der Waals surface area contributed by atoms with Crippen LogP contribution in [0.4, 0.5) is 18.9 Å². The van der Waals surface area contributed by atoms with Gasteiger partial charge in [0.05, 0.1) is 55.8 Å². The number of nitrogens with zero attached hydrogens (tertiary/aromatic N) is 3. The van der Waals surface area contributed by atoms with E-state index >= 15 is 8.78 Å². The van der Waals surface area contributed by atoms with Gasteiger partial charge in [0.1, 0.15) is 34.7 Å². The zero-order chi connectivity index (χ0) is 41.7. The molecule has 0 aliphatic rings. The largest absolute Gasteiger partial charge is 0.496 e.